The smallest absolute Gasteiger partial charge is 0.202 e. The molecule has 0 radical (unpaired) electrons. The van der Waals surface area contributed by atoms with Crippen molar-refractivity contribution in [1.82, 2.24) is 9.36 Å². The van der Waals surface area contributed by atoms with Crippen molar-refractivity contribution in [2.24, 2.45) is 0 Å². The Morgan fingerprint density at radius 3 is 2.81 bits per heavy atom. The average molecular weight is 243 g/mol. The van der Waals surface area contributed by atoms with E-state index in [0.29, 0.717) is 5.92 Å². The van der Waals surface area contributed by atoms with Crippen molar-refractivity contribution in [2.75, 3.05) is 25.1 Å². The first-order chi connectivity index (χ1) is 7.74. The number of nitrogens with one attached hydrogen (secondary N) is 1. The minimum Gasteiger partial charge on any atom is -0.381 e. The van der Waals surface area contributed by atoms with E-state index in [0.717, 1.165) is 43.6 Å². The van der Waals surface area contributed by atoms with Crippen molar-refractivity contribution in [1.29, 1.82) is 0 Å². The van der Waals surface area contributed by atoms with E-state index in [1.54, 1.807) is 0 Å². The standard InChI is InChI=1S/C11H21N3OS/c1-4-7-15-8-5-6-12-11-13-10(9(2)3)14-16-11/h9H,4-8H2,1-3H3,(H,12,13,14). The molecule has 1 heterocycles. The van der Waals surface area contributed by atoms with E-state index >= 15 is 0 Å². The van der Waals surface area contributed by atoms with E-state index in [-0.39, 0.29) is 0 Å². The quantitative estimate of drug-likeness (QED) is 0.713. The van der Waals surface area contributed by atoms with Crippen LogP contribution in [0.15, 0.2) is 0 Å². The number of rotatable bonds is 8. The second-order valence-corrected chi connectivity index (χ2v) is 4.76. The molecule has 5 heteroatoms. The van der Waals surface area contributed by atoms with E-state index in [9.17, 15) is 0 Å². The van der Waals surface area contributed by atoms with Gasteiger partial charge < -0.3 is 10.1 Å². The van der Waals surface area contributed by atoms with Crippen LogP contribution in [-0.2, 0) is 4.74 Å². The highest BCUT2D eigenvalue weighted by Crippen LogP contribution is 2.16. The van der Waals surface area contributed by atoms with Gasteiger partial charge in [-0.25, -0.2) is 4.98 Å². The molecule has 0 amide bonds. The van der Waals surface area contributed by atoms with Crippen LogP contribution in [0.5, 0.6) is 0 Å². The average Bonchev–Trinajstić information content (AvgIpc) is 2.72. The summed E-state index contributed by atoms with van der Waals surface area (Å²) in [5, 5.41) is 4.18. The van der Waals surface area contributed by atoms with Crippen LogP contribution in [0.1, 0.15) is 45.4 Å². The number of hydrogen-bond donors (Lipinski definition) is 1. The van der Waals surface area contributed by atoms with Gasteiger partial charge in [-0.1, -0.05) is 20.8 Å². The molecule has 0 aromatic carbocycles. The number of anilines is 1. The summed E-state index contributed by atoms with van der Waals surface area (Å²) in [5.74, 6) is 1.33. The van der Waals surface area contributed by atoms with Gasteiger partial charge in [-0.05, 0) is 12.8 Å². The Morgan fingerprint density at radius 1 is 1.38 bits per heavy atom. The molecule has 0 saturated carbocycles. The second kappa shape index (κ2) is 7.57. The molecule has 0 atom stereocenters. The van der Waals surface area contributed by atoms with Crippen LogP contribution >= 0.6 is 11.5 Å². The molecule has 1 rings (SSSR count). The Kier molecular flexibility index (Phi) is 6.33. The summed E-state index contributed by atoms with van der Waals surface area (Å²) in [5.41, 5.74) is 0. The SMILES string of the molecule is CCCOCCCNc1nc(C(C)C)ns1. The maximum Gasteiger partial charge on any atom is 0.202 e. The molecule has 0 aliphatic heterocycles. The van der Waals surface area contributed by atoms with Gasteiger partial charge in [0.05, 0.1) is 0 Å². The van der Waals surface area contributed by atoms with Crippen LogP contribution in [0.4, 0.5) is 5.13 Å². The molecule has 1 aromatic heterocycles. The maximum atomic E-state index is 5.39. The fraction of sp³-hybridized carbons (Fsp3) is 0.818. The molecule has 16 heavy (non-hydrogen) atoms. The molecule has 0 aliphatic carbocycles. The largest absolute Gasteiger partial charge is 0.381 e. The van der Waals surface area contributed by atoms with Gasteiger partial charge in [-0.15, -0.1) is 0 Å². The molecular formula is C11H21N3OS. The number of hydrogen-bond acceptors (Lipinski definition) is 5. The highest BCUT2D eigenvalue weighted by Gasteiger charge is 2.06. The van der Waals surface area contributed by atoms with Crippen LogP contribution in [0, 0.1) is 0 Å². The van der Waals surface area contributed by atoms with Crippen molar-refractivity contribution >= 4 is 16.7 Å². The molecule has 0 unspecified atom stereocenters. The van der Waals surface area contributed by atoms with Crippen LogP contribution < -0.4 is 5.32 Å². The molecule has 0 fully saturated rings. The number of ether oxygens (including phenoxy) is 1. The molecule has 0 saturated heterocycles. The molecule has 4 nitrogen and oxygen atoms in total. The van der Waals surface area contributed by atoms with Crippen LogP contribution in [0.25, 0.3) is 0 Å². The minimum absolute atomic E-state index is 0.402. The zero-order chi connectivity index (χ0) is 11.8. The lowest BCUT2D eigenvalue weighted by Crippen LogP contribution is -2.06. The van der Waals surface area contributed by atoms with Gasteiger partial charge in [0.15, 0.2) is 0 Å². The van der Waals surface area contributed by atoms with Gasteiger partial charge in [-0.3, -0.25) is 0 Å². The van der Waals surface area contributed by atoms with Crippen LogP contribution in [-0.4, -0.2) is 29.1 Å². The number of aromatic nitrogens is 2. The third-order valence-corrected chi connectivity index (χ3v) is 2.74. The van der Waals surface area contributed by atoms with Gasteiger partial charge >= 0.3 is 0 Å². The van der Waals surface area contributed by atoms with Gasteiger partial charge in [0.2, 0.25) is 5.13 Å². The van der Waals surface area contributed by atoms with Crippen LogP contribution in [0.2, 0.25) is 0 Å². The van der Waals surface area contributed by atoms with Crippen molar-refractivity contribution in [3.63, 3.8) is 0 Å². The third-order valence-electron chi connectivity index (χ3n) is 2.05. The zero-order valence-corrected chi connectivity index (χ0v) is 11.1. The summed E-state index contributed by atoms with van der Waals surface area (Å²) >= 11 is 1.43. The molecule has 1 N–H and O–H groups in total. The van der Waals surface area contributed by atoms with Gasteiger partial charge in [0, 0.05) is 37.2 Å². The van der Waals surface area contributed by atoms with E-state index in [4.69, 9.17) is 4.74 Å². The summed E-state index contributed by atoms with van der Waals surface area (Å²) in [4.78, 5) is 4.40. The summed E-state index contributed by atoms with van der Waals surface area (Å²) in [6.07, 6.45) is 2.10. The fourth-order valence-electron chi connectivity index (χ4n) is 1.16. The summed E-state index contributed by atoms with van der Waals surface area (Å²) < 4.78 is 9.67. The highest BCUT2D eigenvalue weighted by molar-refractivity contribution is 7.09. The predicted molar refractivity (Wildman–Crippen MR) is 68.2 cm³/mol. The first kappa shape index (κ1) is 13.4. The zero-order valence-electron chi connectivity index (χ0n) is 10.3. The van der Waals surface area contributed by atoms with E-state index < -0.39 is 0 Å². The summed E-state index contributed by atoms with van der Waals surface area (Å²) in [6.45, 7) is 8.89. The Morgan fingerprint density at radius 2 is 2.19 bits per heavy atom. The van der Waals surface area contributed by atoms with E-state index in [1.165, 1.54) is 11.5 Å². The summed E-state index contributed by atoms with van der Waals surface area (Å²) in [7, 11) is 0. The molecule has 1 aromatic rings. The van der Waals surface area contributed by atoms with Crippen molar-refractivity contribution in [3.05, 3.63) is 5.82 Å². The molecule has 92 valence electrons. The van der Waals surface area contributed by atoms with Gasteiger partial charge in [0.25, 0.3) is 0 Å². The van der Waals surface area contributed by atoms with Crippen molar-refractivity contribution < 1.29 is 4.74 Å². The molecule has 0 spiro atoms. The summed E-state index contributed by atoms with van der Waals surface area (Å²) in [6, 6.07) is 0. The Balaban J connectivity index is 2.12. The van der Waals surface area contributed by atoms with Gasteiger partial charge in [-0.2, -0.15) is 4.37 Å². The second-order valence-electron chi connectivity index (χ2n) is 4.01. The molecular weight excluding hydrogens is 222 g/mol. The number of nitrogens with zero attached hydrogens (tertiary/aromatic N) is 2. The Hall–Kier alpha value is -0.680. The van der Waals surface area contributed by atoms with Crippen molar-refractivity contribution in [2.45, 2.75) is 39.5 Å². The minimum atomic E-state index is 0.402. The lowest BCUT2D eigenvalue weighted by atomic mass is 10.2. The lowest BCUT2D eigenvalue weighted by molar-refractivity contribution is 0.134. The molecule has 0 aliphatic rings. The monoisotopic (exact) mass is 243 g/mol. The maximum absolute atomic E-state index is 5.39. The Bertz CT molecular complexity index is 289. The predicted octanol–water partition coefficient (Wildman–Crippen LogP) is 2.89. The third kappa shape index (κ3) is 4.90. The normalized spacial score (nSPS) is 11.0. The molecule has 0 bridgehead atoms. The first-order valence-electron chi connectivity index (χ1n) is 5.89. The first-order valence-corrected chi connectivity index (χ1v) is 6.66. The van der Waals surface area contributed by atoms with E-state index in [1.807, 2.05) is 0 Å². The fourth-order valence-corrected chi connectivity index (χ4v) is 1.89. The van der Waals surface area contributed by atoms with Gasteiger partial charge in [0.1, 0.15) is 5.82 Å². The van der Waals surface area contributed by atoms with Crippen LogP contribution in [0.3, 0.4) is 0 Å². The highest BCUT2D eigenvalue weighted by atomic mass is 32.1. The van der Waals surface area contributed by atoms with E-state index in [2.05, 4.69) is 35.4 Å². The van der Waals surface area contributed by atoms with Crippen molar-refractivity contribution in [3.8, 4) is 0 Å². The Labute approximate surface area is 102 Å². The topological polar surface area (TPSA) is 47.0 Å². The lowest BCUT2D eigenvalue weighted by Gasteiger charge is -2.03.